The fourth-order valence-corrected chi connectivity index (χ4v) is 1.79. The Kier molecular flexibility index (Phi) is 2.00. The Morgan fingerprint density at radius 2 is 2.23 bits per heavy atom. The smallest absolute Gasteiger partial charge is 0.142 e. The predicted octanol–water partition coefficient (Wildman–Crippen LogP) is 3.52. The van der Waals surface area contributed by atoms with Gasteiger partial charge in [0.05, 0.1) is 5.02 Å². The number of aryl methyl sites for hydroxylation is 1. The van der Waals surface area contributed by atoms with Crippen molar-refractivity contribution in [3.05, 3.63) is 34.7 Å². The fraction of sp³-hybridized carbons (Fsp3) is 0.200. The highest BCUT2D eigenvalue weighted by Crippen LogP contribution is 2.29. The van der Waals surface area contributed by atoms with E-state index in [9.17, 15) is 4.39 Å². The number of benzene rings is 1. The monoisotopic (exact) mass is 197 g/mol. The molecule has 68 valence electrons. The molecule has 2 aromatic rings. The minimum Gasteiger partial charge on any atom is -0.361 e. The molecule has 13 heavy (non-hydrogen) atoms. The zero-order valence-corrected chi connectivity index (χ0v) is 7.95. The molecule has 0 unspecified atom stereocenters. The number of hydrogen-bond donors (Lipinski definition) is 1. The largest absolute Gasteiger partial charge is 0.361 e. The van der Waals surface area contributed by atoms with Crippen molar-refractivity contribution >= 4 is 22.5 Å². The van der Waals surface area contributed by atoms with E-state index in [1.54, 1.807) is 6.07 Å². The summed E-state index contributed by atoms with van der Waals surface area (Å²) in [5.41, 5.74) is 1.95. The molecule has 1 N–H and O–H groups in total. The molecule has 0 aliphatic rings. The van der Waals surface area contributed by atoms with E-state index in [0.717, 1.165) is 22.9 Å². The van der Waals surface area contributed by atoms with E-state index in [-0.39, 0.29) is 10.8 Å². The molecule has 0 atom stereocenters. The Morgan fingerprint density at radius 1 is 1.46 bits per heavy atom. The van der Waals surface area contributed by atoms with Crippen LogP contribution < -0.4 is 0 Å². The maximum absolute atomic E-state index is 13.1. The summed E-state index contributed by atoms with van der Waals surface area (Å²) in [4.78, 5) is 3.06. The van der Waals surface area contributed by atoms with Gasteiger partial charge in [-0.1, -0.05) is 18.5 Å². The van der Waals surface area contributed by atoms with Crippen LogP contribution in [0.4, 0.5) is 4.39 Å². The molecular formula is C10H9ClFN. The second kappa shape index (κ2) is 3.04. The van der Waals surface area contributed by atoms with Crippen LogP contribution in [-0.2, 0) is 6.42 Å². The SMILES string of the molecule is CCc1c[nH]c2ccc(F)c(Cl)c12. The third-order valence-corrected chi connectivity index (χ3v) is 2.57. The summed E-state index contributed by atoms with van der Waals surface area (Å²) in [7, 11) is 0. The van der Waals surface area contributed by atoms with Gasteiger partial charge in [0.25, 0.3) is 0 Å². The molecule has 3 heteroatoms. The second-order valence-electron chi connectivity index (χ2n) is 2.95. The third-order valence-electron chi connectivity index (χ3n) is 2.20. The molecule has 0 bridgehead atoms. The van der Waals surface area contributed by atoms with Gasteiger partial charge >= 0.3 is 0 Å². The molecule has 0 fully saturated rings. The first-order valence-corrected chi connectivity index (χ1v) is 4.55. The minimum atomic E-state index is -0.358. The number of fused-ring (bicyclic) bond motifs is 1. The average Bonchev–Trinajstić information content (AvgIpc) is 2.55. The molecule has 0 saturated carbocycles. The van der Waals surface area contributed by atoms with E-state index >= 15 is 0 Å². The first-order chi connectivity index (χ1) is 6.24. The highest BCUT2D eigenvalue weighted by atomic mass is 35.5. The third kappa shape index (κ3) is 1.22. The lowest BCUT2D eigenvalue weighted by Crippen LogP contribution is -1.81. The van der Waals surface area contributed by atoms with E-state index in [2.05, 4.69) is 4.98 Å². The normalized spacial score (nSPS) is 11.0. The molecule has 0 spiro atoms. The van der Waals surface area contributed by atoms with Gasteiger partial charge in [-0.2, -0.15) is 0 Å². The Bertz CT molecular complexity index is 447. The van der Waals surface area contributed by atoms with Crippen molar-refractivity contribution in [2.75, 3.05) is 0 Å². The number of halogens is 2. The van der Waals surface area contributed by atoms with Crippen molar-refractivity contribution in [3.8, 4) is 0 Å². The van der Waals surface area contributed by atoms with Gasteiger partial charge in [-0.25, -0.2) is 4.39 Å². The minimum absolute atomic E-state index is 0.218. The van der Waals surface area contributed by atoms with E-state index in [1.165, 1.54) is 6.07 Å². The van der Waals surface area contributed by atoms with E-state index < -0.39 is 0 Å². The maximum atomic E-state index is 13.1. The summed E-state index contributed by atoms with van der Waals surface area (Å²) in [6, 6.07) is 3.08. The van der Waals surface area contributed by atoms with Gasteiger partial charge in [0.1, 0.15) is 5.82 Å². The van der Waals surface area contributed by atoms with Gasteiger partial charge < -0.3 is 4.98 Å². The summed E-state index contributed by atoms with van der Waals surface area (Å²) in [6.45, 7) is 2.02. The highest BCUT2D eigenvalue weighted by Gasteiger charge is 2.09. The summed E-state index contributed by atoms with van der Waals surface area (Å²) < 4.78 is 13.1. The first kappa shape index (κ1) is 8.57. The molecule has 0 radical (unpaired) electrons. The van der Waals surface area contributed by atoms with E-state index in [4.69, 9.17) is 11.6 Å². The number of aromatic amines is 1. The lowest BCUT2D eigenvalue weighted by Gasteiger charge is -1.98. The number of aromatic nitrogens is 1. The lowest BCUT2D eigenvalue weighted by molar-refractivity contribution is 0.630. The summed E-state index contributed by atoms with van der Waals surface area (Å²) in [5, 5.41) is 1.03. The molecule has 0 aliphatic heterocycles. The van der Waals surface area contributed by atoms with Gasteiger partial charge in [-0.05, 0) is 24.1 Å². The molecule has 1 heterocycles. The fourth-order valence-electron chi connectivity index (χ4n) is 1.50. The summed E-state index contributed by atoms with van der Waals surface area (Å²) >= 11 is 5.86. The molecule has 1 aromatic heterocycles. The van der Waals surface area contributed by atoms with E-state index in [1.807, 2.05) is 13.1 Å². The van der Waals surface area contributed by atoms with Crippen LogP contribution in [0, 0.1) is 5.82 Å². The van der Waals surface area contributed by atoms with Gasteiger partial charge in [-0.3, -0.25) is 0 Å². The summed E-state index contributed by atoms with van der Waals surface area (Å²) in [5.74, 6) is -0.358. The Labute approximate surface area is 80.5 Å². The molecule has 0 aliphatic carbocycles. The van der Waals surface area contributed by atoms with Crippen LogP contribution in [0.2, 0.25) is 5.02 Å². The number of rotatable bonds is 1. The van der Waals surface area contributed by atoms with Crippen molar-refractivity contribution in [1.29, 1.82) is 0 Å². The molecule has 2 rings (SSSR count). The van der Waals surface area contributed by atoms with E-state index in [0.29, 0.717) is 0 Å². The molecular weight excluding hydrogens is 189 g/mol. The summed E-state index contributed by atoms with van der Waals surface area (Å²) in [6.07, 6.45) is 2.72. The highest BCUT2D eigenvalue weighted by molar-refractivity contribution is 6.35. The molecule has 1 nitrogen and oxygen atoms in total. The maximum Gasteiger partial charge on any atom is 0.142 e. The Hall–Kier alpha value is -1.02. The van der Waals surface area contributed by atoms with Crippen LogP contribution in [0.15, 0.2) is 18.3 Å². The standard InChI is InChI=1S/C10H9ClFN/c1-2-6-5-13-8-4-3-7(12)10(11)9(6)8/h3-5,13H,2H2,1H3. The lowest BCUT2D eigenvalue weighted by atomic mass is 10.1. The Balaban J connectivity index is 2.85. The topological polar surface area (TPSA) is 15.8 Å². The van der Waals surface area contributed by atoms with Crippen LogP contribution in [-0.4, -0.2) is 4.98 Å². The van der Waals surface area contributed by atoms with Crippen LogP contribution in [0.3, 0.4) is 0 Å². The number of nitrogens with one attached hydrogen (secondary N) is 1. The Morgan fingerprint density at radius 3 is 2.92 bits per heavy atom. The molecule has 1 aromatic carbocycles. The van der Waals surface area contributed by atoms with Crippen molar-refractivity contribution in [1.82, 2.24) is 4.98 Å². The van der Waals surface area contributed by atoms with Crippen molar-refractivity contribution in [2.45, 2.75) is 13.3 Å². The molecule has 0 saturated heterocycles. The number of hydrogen-bond acceptors (Lipinski definition) is 0. The van der Waals surface area contributed by atoms with Crippen molar-refractivity contribution in [2.24, 2.45) is 0 Å². The van der Waals surface area contributed by atoms with Gasteiger partial charge in [0.15, 0.2) is 0 Å². The average molecular weight is 198 g/mol. The predicted molar refractivity (Wildman–Crippen MR) is 52.6 cm³/mol. The van der Waals surface area contributed by atoms with Crippen LogP contribution in [0.5, 0.6) is 0 Å². The van der Waals surface area contributed by atoms with Gasteiger partial charge in [0, 0.05) is 17.1 Å². The van der Waals surface area contributed by atoms with Crippen LogP contribution in [0.1, 0.15) is 12.5 Å². The first-order valence-electron chi connectivity index (χ1n) is 4.18. The number of H-pyrrole nitrogens is 1. The zero-order valence-electron chi connectivity index (χ0n) is 7.20. The van der Waals surface area contributed by atoms with Crippen molar-refractivity contribution < 1.29 is 4.39 Å². The van der Waals surface area contributed by atoms with Crippen molar-refractivity contribution in [3.63, 3.8) is 0 Å². The van der Waals surface area contributed by atoms with Gasteiger partial charge in [-0.15, -0.1) is 0 Å². The molecule has 0 amide bonds. The van der Waals surface area contributed by atoms with Crippen LogP contribution >= 0.6 is 11.6 Å². The van der Waals surface area contributed by atoms with Crippen LogP contribution in [0.25, 0.3) is 10.9 Å². The van der Waals surface area contributed by atoms with Gasteiger partial charge in [0.2, 0.25) is 0 Å². The second-order valence-corrected chi connectivity index (χ2v) is 3.33. The quantitative estimate of drug-likeness (QED) is 0.720. The zero-order chi connectivity index (χ0) is 9.42.